The minimum atomic E-state index is 0.336. The van der Waals surface area contributed by atoms with Crippen molar-refractivity contribution in [2.75, 3.05) is 13.6 Å². The molecule has 3 nitrogen and oxygen atoms in total. The van der Waals surface area contributed by atoms with Crippen molar-refractivity contribution in [3.8, 4) is 0 Å². The molecule has 2 aromatic rings. The quantitative estimate of drug-likeness (QED) is 0.841. The molecule has 1 aliphatic heterocycles. The summed E-state index contributed by atoms with van der Waals surface area (Å²) in [5, 5.41) is 3.56. The van der Waals surface area contributed by atoms with E-state index in [1.165, 1.54) is 15.6 Å². The van der Waals surface area contributed by atoms with Crippen LogP contribution in [0.2, 0.25) is 0 Å². The van der Waals surface area contributed by atoms with Crippen LogP contribution < -0.4 is 5.73 Å². The number of thiophene rings is 1. The van der Waals surface area contributed by atoms with Gasteiger partial charge in [0.2, 0.25) is 0 Å². The van der Waals surface area contributed by atoms with E-state index in [0.29, 0.717) is 12.1 Å². The Kier molecular flexibility index (Phi) is 2.86. The van der Waals surface area contributed by atoms with Crippen LogP contribution >= 0.6 is 11.3 Å². The zero-order chi connectivity index (χ0) is 11.8. The number of hydrogen-bond acceptors (Lipinski definition) is 4. The third-order valence-electron chi connectivity index (χ3n) is 3.67. The van der Waals surface area contributed by atoms with Crippen molar-refractivity contribution in [1.82, 2.24) is 9.88 Å². The molecule has 90 valence electrons. The second-order valence-electron chi connectivity index (χ2n) is 4.84. The standard InChI is InChI=1S/C13H17N3S/c1-16-5-3-9(14)6-12(16)11-8-17-13-2-4-15-7-10(11)13/h2,4,7-9,12H,3,5-6,14H2,1H3. The number of likely N-dealkylation sites (tertiary alicyclic amines) is 1. The summed E-state index contributed by atoms with van der Waals surface area (Å²) >= 11 is 1.80. The van der Waals surface area contributed by atoms with Gasteiger partial charge in [0, 0.05) is 34.6 Å². The summed E-state index contributed by atoms with van der Waals surface area (Å²) in [4.78, 5) is 6.66. The first-order chi connectivity index (χ1) is 8.25. The van der Waals surface area contributed by atoms with Gasteiger partial charge in [-0.1, -0.05) is 0 Å². The Bertz CT molecular complexity index is 522. The average molecular weight is 247 g/mol. The van der Waals surface area contributed by atoms with E-state index in [0.717, 1.165) is 19.4 Å². The van der Waals surface area contributed by atoms with E-state index in [-0.39, 0.29) is 0 Å². The maximum atomic E-state index is 6.10. The molecule has 0 aromatic carbocycles. The van der Waals surface area contributed by atoms with E-state index >= 15 is 0 Å². The highest BCUT2D eigenvalue weighted by molar-refractivity contribution is 7.17. The topological polar surface area (TPSA) is 42.1 Å². The fourth-order valence-corrected chi connectivity index (χ4v) is 3.60. The maximum Gasteiger partial charge on any atom is 0.0376 e. The van der Waals surface area contributed by atoms with Gasteiger partial charge in [-0.3, -0.25) is 9.88 Å². The van der Waals surface area contributed by atoms with Crippen LogP contribution in [-0.2, 0) is 0 Å². The van der Waals surface area contributed by atoms with Crippen LogP contribution in [0.4, 0.5) is 0 Å². The molecule has 0 radical (unpaired) electrons. The molecule has 0 saturated carbocycles. The number of pyridine rings is 1. The molecule has 1 saturated heterocycles. The van der Waals surface area contributed by atoms with Gasteiger partial charge in [-0.15, -0.1) is 11.3 Å². The zero-order valence-corrected chi connectivity index (χ0v) is 10.8. The lowest BCUT2D eigenvalue weighted by atomic mass is 9.93. The Morgan fingerprint density at radius 1 is 1.53 bits per heavy atom. The molecular formula is C13H17N3S. The van der Waals surface area contributed by atoms with Crippen molar-refractivity contribution in [2.24, 2.45) is 5.73 Å². The molecule has 4 heteroatoms. The smallest absolute Gasteiger partial charge is 0.0376 e. The van der Waals surface area contributed by atoms with E-state index in [1.54, 1.807) is 11.3 Å². The molecule has 2 atom stereocenters. The van der Waals surface area contributed by atoms with E-state index in [1.807, 2.05) is 12.4 Å². The van der Waals surface area contributed by atoms with Gasteiger partial charge in [0.25, 0.3) is 0 Å². The minimum Gasteiger partial charge on any atom is -0.328 e. The predicted molar refractivity (Wildman–Crippen MR) is 72.2 cm³/mol. The van der Waals surface area contributed by atoms with Crippen LogP contribution in [-0.4, -0.2) is 29.5 Å². The summed E-state index contributed by atoms with van der Waals surface area (Å²) in [5.74, 6) is 0. The van der Waals surface area contributed by atoms with Crippen molar-refractivity contribution in [3.05, 3.63) is 29.4 Å². The summed E-state index contributed by atoms with van der Waals surface area (Å²) < 4.78 is 1.32. The summed E-state index contributed by atoms with van der Waals surface area (Å²) in [6.07, 6.45) is 6.00. The summed E-state index contributed by atoms with van der Waals surface area (Å²) in [6.45, 7) is 1.09. The second kappa shape index (κ2) is 4.37. The Hall–Kier alpha value is -0.970. The van der Waals surface area contributed by atoms with Crippen LogP contribution in [0.5, 0.6) is 0 Å². The first kappa shape index (κ1) is 11.1. The molecule has 0 bridgehead atoms. The van der Waals surface area contributed by atoms with E-state index in [9.17, 15) is 0 Å². The van der Waals surface area contributed by atoms with Gasteiger partial charge in [-0.25, -0.2) is 0 Å². The fraction of sp³-hybridized carbons (Fsp3) is 0.462. The monoisotopic (exact) mass is 247 g/mol. The van der Waals surface area contributed by atoms with E-state index in [4.69, 9.17) is 5.73 Å². The van der Waals surface area contributed by atoms with Gasteiger partial charge < -0.3 is 5.73 Å². The highest BCUT2D eigenvalue weighted by atomic mass is 32.1. The number of piperidine rings is 1. The average Bonchev–Trinajstić information content (AvgIpc) is 2.76. The lowest BCUT2D eigenvalue weighted by Gasteiger charge is -2.35. The lowest BCUT2D eigenvalue weighted by molar-refractivity contribution is 0.173. The van der Waals surface area contributed by atoms with Gasteiger partial charge >= 0.3 is 0 Å². The van der Waals surface area contributed by atoms with Gasteiger partial charge in [0.05, 0.1) is 0 Å². The summed E-state index contributed by atoms with van der Waals surface area (Å²) in [7, 11) is 2.19. The Balaban J connectivity index is 2.02. The molecule has 2 aromatic heterocycles. The molecule has 3 rings (SSSR count). The highest BCUT2D eigenvalue weighted by Crippen LogP contribution is 2.36. The molecule has 3 heterocycles. The third-order valence-corrected chi connectivity index (χ3v) is 4.66. The van der Waals surface area contributed by atoms with Crippen molar-refractivity contribution in [2.45, 2.75) is 24.9 Å². The van der Waals surface area contributed by atoms with E-state index in [2.05, 4.69) is 28.4 Å². The first-order valence-corrected chi connectivity index (χ1v) is 6.90. The maximum absolute atomic E-state index is 6.10. The summed E-state index contributed by atoms with van der Waals surface area (Å²) in [6, 6.07) is 2.88. The largest absolute Gasteiger partial charge is 0.328 e. The zero-order valence-electron chi connectivity index (χ0n) is 9.97. The Morgan fingerprint density at radius 3 is 3.29 bits per heavy atom. The molecule has 17 heavy (non-hydrogen) atoms. The van der Waals surface area contributed by atoms with Gasteiger partial charge in [-0.2, -0.15) is 0 Å². The Morgan fingerprint density at radius 2 is 2.41 bits per heavy atom. The molecule has 1 fully saturated rings. The molecule has 0 aliphatic carbocycles. The van der Waals surface area contributed by atoms with Crippen LogP contribution in [0, 0.1) is 0 Å². The Labute approximate surface area is 105 Å². The molecule has 0 spiro atoms. The number of rotatable bonds is 1. The van der Waals surface area contributed by atoms with Gasteiger partial charge in [-0.05, 0) is 43.4 Å². The lowest BCUT2D eigenvalue weighted by Crippen LogP contribution is -2.39. The van der Waals surface area contributed by atoms with Gasteiger partial charge in [0.1, 0.15) is 0 Å². The highest BCUT2D eigenvalue weighted by Gasteiger charge is 2.27. The van der Waals surface area contributed by atoms with Crippen molar-refractivity contribution in [1.29, 1.82) is 0 Å². The molecule has 0 amide bonds. The van der Waals surface area contributed by atoms with Crippen molar-refractivity contribution in [3.63, 3.8) is 0 Å². The van der Waals surface area contributed by atoms with Crippen molar-refractivity contribution < 1.29 is 0 Å². The fourth-order valence-electron chi connectivity index (χ4n) is 2.62. The molecule has 1 aliphatic rings. The normalized spacial score (nSPS) is 26.5. The van der Waals surface area contributed by atoms with Gasteiger partial charge in [0.15, 0.2) is 0 Å². The molecule has 2 unspecified atom stereocenters. The third kappa shape index (κ3) is 1.97. The number of nitrogens with zero attached hydrogens (tertiary/aromatic N) is 2. The van der Waals surface area contributed by atoms with Crippen molar-refractivity contribution >= 4 is 21.4 Å². The second-order valence-corrected chi connectivity index (χ2v) is 5.75. The predicted octanol–water partition coefficient (Wildman–Crippen LogP) is 2.39. The van der Waals surface area contributed by atoms with Crippen LogP contribution in [0.25, 0.3) is 10.1 Å². The molecule has 2 N–H and O–H groups in total. The number of fused-ring (bicyclic) bond motifs is 1. The number of nitrogens with two attached hydrogens (primary N) is 1. The van der Waals surface area contributed by atoms with E-state index < -0.39 is 0 Å². The van der Waals surface area contributed by atoms with Crippen LogP contribution in [0.15, 0.2) is 23.8 Å². The van der Waals surface area contributed by atoms with Crippen LogP contribution in [0.1, 0.15) is 24.4 Å². The van der Waals surface area contributed by atoms with Crippen LogP contribution in [0.3, 0.4) is 0 Å². The number of hydrogen-bond donors (Lipinski definition) is 1. The number of aromatic nitrogens is 1. The minimum absolute atomic E-state index is 0.336. The summed E-state index contributed by atoms with van der Waals surface area (Å²) in [5.41, 5.74) is 7.50. The SMILES string of the molecule is CN1CCC(N)CC1c1csc2ccncc12. The first-order valence-electron chi connectivity index (χ1n) is 6.02. The molecular weight excluding hydrogens is 230 g/mol.